The molecule has 0 bridgehead atoms. The fraction of sp³-hybridized carbons (Fsp3) is 0.278. The molecule has 2 aromatic rings. The first kappa shape index (κ1) is 16.0. The molecular formula is C18H20INO. The van der Waals surface area contributed by atoms with Gasteiger partial charge in [-0.05, 0) is 28.4 Å². The molecule has 2 rings (SSSR count). The number of amides is 1. The van der Waals surface area contributed by atoms with Gasteiger partial charge in [-0.2, -0.15) is 0 Å². The van der Waals surface area contributed by atoms with Gasteiger partial charge in [0.2, 0.25) is 6.41 Å². The Balaban J connectivity index is 2.50. The Morgan fingerprint density at radius 2 is 1.48 bits per heavy atom. The number of alkyl halides is 1. The van der Waals surface area contributed by atoms with E-state index in [9.17, 15) is 4.79 Å². The van der Waals surface area contributed by atoms with E-state index in [1.807, 2.05) is 12.1 Å². The Bertz CT molecular complexity index is 502. The van der Waals surface area contributed by atoms with Gasteiger partial charge in [-0.15, -0.1) is 0 Å². The summed E-state index contributed by atoms with van der Waals surface area (Å²) in [6, 6.07) is 21.0. The number of carbonyl (C=O) groups is 1. The molecule has 0 aliphatic heterocycles. The lowest BCUT2D eigenvalue weighted by Crippen LogP contribution is -2.39. The van der Waals surface area contributed by atoms with Crippen molar-refractivity contribution in [1.29, 1.82) is 0 Å². The van der Waals surface area contributed by atoms with Crippen LogP contribution in [0.15, 0.2) is 60.7 Å². The van der Waals surface area contributed by atoms with Gasteiger partial charge in [0.05, 0.1) is 0 Å². The number of benzene rings is 2. The molecule has 0 aliphatic carbocycles. The second-order valence-electron chi connectivity index (χ2n) is 5.11. The molecule has 3 heteroatoms. The first-order chi connectivity index (χ1) is 10.3. The highest BCUT2D eigenvalue weighted by atomic mass is 127. The van der Waals surface area contributed by atoms with Gasteiger partial charge in [0.15, 0.2) is 0 Å². The third-order valence-electron chi connectivity index (χ3n) is 3.88. The molecule has 0 heterocycles. The lowest BCUT2D eigenvalue weighted by molar-refractivity contribution is -0.109. The highest BCUT2D eigenvalue weighted by molar-refractivity contribution is 14.1. The summed E-state index contributed by atoms with van der Waals surface area (Å²) in [7, 11) is 0. The number of hydrogen-bond acceptors (Lipinski definition) is 1. The molecule has 0 radical (unpaired) electrons. The molecule has 0 saturated heterocycles. The molecule has 0 spiro atoms. The van der Waals surface area contributed by atoms with Gasteiger partial charge < -0.3 is 5.32 Å². The minimum absolute atomic E-state index is 0.158. The topological polar surface area (TPSA) is 29.1 Å². The average molecular weight is 393 g/mol. The van der Waals surface area contributed by atoms with Gasteiger partial charge in [0.1, 0.15) is 0 Å². The zero-order chi connectivity index (χ0) is 15.0. The van der Waals surface area contributed by atoms with Crippen LogP contribution in [-0.2, 0) is 10.2 Å². The second kappa shape index (κ2) is 8.17. The van der Waals surface area contributed by atoms with Crippen LogP contribution in [0.25, 0.3) is 0 Å². The van der Waals surface area contributed by atoms with E-state index < -0.39 is 0 Å². The number of rotatable bonds is 8. The van der Waals surface area contributed by atoms with Crippen molar-refractivity contribution in [3.63, 3.8) is 0 Å². The van der Waals surface area contributed by atoms with Crippen LogP contribution in [0.4, 0.5) is 0 Å². The normalized spacial score (nSPS) is 11.1. The third-order valence-corrected chi connectivity index (χ3v) is 4.64. The van der Waals surface area contributed by atoms with E-state index in [-0.39, 0.29) is 5.41 Å². The Hall–Kier alpha value is -1.36. The Morgan fingerprint density at radius 3 is 1.90 bits per heavy atom. The summed E-state index contributed by atoms with van der Waals surface area (Å²) in [5.41, 5.74) is 2.36. The number of nitrogens with one attached hydrogen (secondary N) is 1. The molecule has 2 aromatic carbocycles. The summed E-state index contributed by atoms with van der Waals surface area (Å²) in [6.45, 7) is 0.626. The molecule has 0 saturated carbocycles. The van der Waals surface area contributed by atoms with Crippen LogP contribution in [-0.4, -0.2) is 17.4 Å². The zero-order valence-electron chi connectivity index (χ0n) is 12.0. The van der Waals surface area contributed by atoms with Crippen molar-refractivity contribution in [2.45, 2.75) is 18.3 Å². The van der Waals surface area contributed by atoms with Crippen molar-refractivity contribution in [2.75, 3.05) is 11.0 Å². The van der Waals surface area contributed by atoms with Gasteiger partial charge in [-0.3, -0.25) is 4.79 Å². The van der Waals surface area contributed by atoms with E-state index in [0.717, 1.165) is 23.7 Å². The molecular weight excluding hydrogens is 373 g/mol. The van der Waals surface area contributed by atoms with Crippen LogP contribution in [0.3, 0.4) is 0 Å². The fourth-order valence-corrected chi connectivity index (χ4v) is 3.23. The van der Waals surface area contributed by atoms with Crippen molar-refractivity contribution in [2.24, 2.45) is 0 Å². The molecule has 2 nitrogen and oxygen atoms in total. The van der Waals surface area contributed by atoms with E-state index in [4.69, 9.17) is 0 Å². The van der Waals surface area contributed by atoms with Crippen LogP contribution >= 0.6 is 22.6 Å². The van der Waals surface area contributed by atoms with Crippen LogP contribution in [0.1, 0.15) is 24.0 Å². The molecule has 1 N–H and O–H groups in total. The predicted octanol–water partition coefficient (Wildman–Crippen LogP) is 3.93. The van der Waals surface area contributed by atoms with E-state index in [1.54, 1.807) is 0 Å². The van der Waals surface area contributed by atoms with Crippen molar-refractivity contribution < 1.29 is 4.79 Å². The number of halogens is 1. The highest BCUT2D eigenvalue weighted by Gasteiger charge is 2.33. The Kier molecular flexibility index (Phi) is 6.23. The summed E-state index contributed by atoms with van der Waals surface area (Å²) in [4.78, 5) is 10.9. The van der Waals surface area contributed by atoms with Gasteiger partial charge in [-0.25, -0.2) is 0 Å². The average Bonchev–Trinajstić information content (AvgIpc) is 2.57. The fourth-order valence-electron chi connectivity index (χ4n) is 2.85. The smallest absolute Gasteiger partial charge is 0.207 e. The van der Waals surface area contributed by atoms with Gasteiger partial charge in [0.25, 0.3) is 0 Å². The lowest BCUT2D eigenvalue weighted by atomic mass is 9.71. The summed E-state index contributed by atoms with van der Waals surface area (Å²) in [5.74, 6) is 0. The summed E-state index contributed by atoms with van der Waals surface area (Å²) >= 11 is 2.41. The summed E-state index contributed by atoms with van der Waals surface area (Å²) < 4.78 is 1.11. The molecule has 0 fully saturated rings. The molecule has 0 unspecified atom stereocenters. The standard InChI is InChI=1S/C18H20INO/c19-13-7-12-18(14-20-15-21,16-8-3-1-4-9-16)17-10-5-2-6-11-17/h1-6,8-11,15H,7,12-14H2,(H,20,21). The maximum Gasteiger partial charge on any atom is 0.207 e. The number of hydrogen-bond donors (Lipinski definition) is 1. The van der Waals surface area contributed by atoms with Crippen LogP contribution in [0.5, 0.6) is 0 Å². The van der Waals surface area contributed by atoms with E-state index in [0.29, 0.717) is 6.54 Å². The van der Waals surface area contributed by atoms with E-state index in [1.165, 1.54) is 11.1 Å². The Morgan fingerprint density at radius 1 is 0.952 bits per heavy atom. The van der Waals surface area contributed by atoms with Crippen molar-refractivity contribution in [3.05, 3.63) is 71.8 Å². The first-order valence-corrected chi connectivity index (χ1v) is 8.70. The highest BCUT2D eigenvalue weighted by Crippen LogP contribution is 2.36. The molecule has 0 aromatic heterocycles. The molecule has 0 aliphatic rings. The summed E-state index contributed by atoms with van der Waals surface area (Å²) in [6.07, 6.45) is 2.93. The SMILES string of the molecule is O=CNCC(CCCI)(c1ccccc1)c1ccccc1. The molecule has 1 amide bonds. The summed E-state index contributed by atoms with van der Waals surface area (Å²) in [5, 5.41) is 2.91. The maximum absolute atomic E-state index is 10.9. The molecule has 110 valence electrons. The van der Waals surface area contributed by atoms with E-state index >= 15 is 0 Å². The van der Waals surface area contributed by atoms with Gasteiger partial charge in [0, 0.05) is 12.0 Å². The molecule has 0 atom stereocenters. The van der Waals surface area contributed by atoms with Gasteiger partial charge >= 0.3 is 0 Å². The minimum Gasteiger partial charge on any atom is -0.357 e. The predicted molar refractivity (Wildman–Crippen MR) is 95.9 cm³/mol. The zero-order valence-corrected chi connectivity index (χ0v) is 14.1. The van der Waals surface area contributed by atoms with Crippen molar-refractivity contribution in [1.82, 2.24) is 5.32 Å². The first-order valence-electron chi connectivity index (χ1n) is 7.17. The quantitative estimate of drug-likeness (QED) is 0.411. The maximum atomic E-state index is 10.9. The van der Waals surface area contributed by atoms with Gasteiger partial charge in [-0.1, -0.05) is 83.3 Å². The van der Waals surface area contributed by atoms with Crippen LogP contribution in [0, 0.1) is 0 Å². The lowest BCUT2D eigenvalue weighted by Gasteiger charge is -2.35. The largest absolute Gasteiger partial charge is 0.357 e. The second-order valence-corrected chi connectivity index (χ2v) is 6.18. The van der Waals surface area contributed by atoms with Crippen molar-refractivity contribution in [3.8, 4) is 0 Å². The third kappa shape index (κ3) is 3.84. The van der Waals surface area contributed by atoms with Crippen LogP contribution < -0.4 is 5.32 Å². The van der Waals surface area contributed by atoms with Crippen molar-refractivity contribution >= 4 is 29.0 Å². The van der Waals surface area contributed by atoms with E-state index in [2.05, 4.69) is 76.4 Å². The monoisotopic (exact) mass is 393 g/mol. The molecule has 21 heavy (non-hydrogen) atoms. The van der Waals surface area contributed by atoms with Crippen LogP contribution in [0.2, 0.25) is 0 Å². The minimum atomic E-state index is -0.158. The number of carbonyl (C=O) groups excluding carboxylic acids is 1. The Labute approximate surface area is 140 Å².